The van der Waals surface area contributed by atoms with Gasteiger partial charge in [0.05, 0.1) is 0 Å². The van der Waals surface area contributed by atoms with Crippen LogP contribution in [0.15, 0.2) is 23.6 Å². The molecule has 0 bridgehead atoms. The predicted molar refractivity (Wildman–Crippen MR) is 46.6 cm³/mol. The minimum atomic E-state index is 0.606. The maximum Gasteiger partial charge on any atom is -0.0142 e. The van der Waals surface area contributed by atoms with E-state index < -0.39 is 0 Å². The Morgan fingerprint density at radius 1 is 1.56 bits per heavy atom. The lowest BCUT2D eigenvalue weighted by Gasteiger charge is -2.03. The van der Waals surface area contributed by atoms with Crippen molar-refractivity contribution in [1.82, 2.24) is 0 Å². The van der Waals surface area contributed by atoms with Crippen LogP contribution in [0.3, 0.4) is 0 Å². The molecule has 0 spiro atoms. The molecule has 0 saturated heterocycles. The van der Waals surface area contributed by atoms with E-state index in [9.17, 15) is 0 Å². The van der Waals surface area contributed by atoms with Gasteiger partial charge in [0.2, 0.25) is 0 Å². The molecule has 0 saturated carbocycles. The molecule has 0 rings (SSSR count). The van der Waals surface area contributed by atoms with Crippen molar-refractivity contribution in [2.75, 3.05) is 6.26 Å². The molecule has 0 amide bonds. The lowest BCUT2D eigenvalue weighted by atomic mass is 10.1. The first kappa shape index (κ1) is 8.83. The summed E-state index contributed by atoms with van der Waals surface area (Å²) < 4.78 is 0. The minimum Gasteiger partial charge on any atom is -0.137 e. The highest BCUT2D eigenvalue weighted by Crippen LogP contribution is 2.13. The van der Waals surface area contributed by atoms with E-state index in [0.29, 0.717) is 5.92 Å². The van der Waals surface area contributed by atoms with Crippen LogP contribution in [0.4, 0.5) is 0 Å². The van der Waals surface area contributed by atoms with E-state index in [-0.39, 0.29) is 0 Å². The summed E-state index contributed by atoms with van der Waals surface area (Å²) in [5.41, 5.74) is 1.32. The Morgan fingerprint density at radius 3 is 2.22 bits per heavy atom. The molecule has 0 radical (unpaired) electrons. The summed E-state index contributed by atoms with van der Waals surface area (Å²) >= 11 is 1.73. The minimum absolute atomic E-state index is 0.606. The third-order valence-electron chi connectivity index (χ3n) is 1.16. The second-order valence-electron chi connectivity index (χ2n) is 2.21. The molecule has 0 aliphatic rings. The summed E-state index contributed by atoms with van der Waals surface area (Å²) in [5, 5.41) is 2.14. The third kappa shape index (κ3) is 3.41. The molecule has 1 heteroatoms. The van der Waals surface area contributed by atoms with Crippen LogP contribution in [0, 0.1) is 5.92 Å². The molecule has 0 aromatic rings. The number of thioether (sulfide) groups is 1. The van der Waals surface area contributed by atoms with Gasteiger partial charge in [-0.2, -0.15) is 0 Å². The Hall–Kier alpha value is -0.170. The van der Waals surface area contributed by atoms with E-state index >= 15 is 0 Å². The largest absolute Gasteiger partial charge is 0.137 e. The van der Waals surface area contributed by atoms with Gasteiger partial charge in [-0.15, -0.1) is 11.8 Å². The summed E-state index contributed by atoms with van der Waals surface area (Å²) in [6.07, 6.45) is 3.98. The summed E-state index contributed by atoms with van der Waals surface area (Å²) in [6.45, 7) is 8.06. The zero-order valence-corrected chi connectivity index (χ0v) is 7.16. The molecule has 0 atom stereocenters. The maximum atomic E-state index is 3.72. The van der Waals surface area contributed by atoms with Crippen LogP contribution < -0.4 is 0 Å². The molecule has 0 aromatic heterocycles. The van der Waals surface area contributed by atoms with Gasteiger partial charge in [0, 0.05) is 0 Å². The fourth-order valence-corrected chi connectivity index (χ4v) is 1.20. The Morgan fingerprint density at radius 2 is 2.11 bits per heavy atom. The molecule has 0 unspecified atom stereocenters. The van der Waals surface area contributed by atoms with Gasteiger partial charge in [-0.25, -0.2) is 0 Å². The predicted octanol–water partition coefficient (Wildman–Crippen LogP) is 3.08. The highest BCUT2D eigenvalue weighted by Gasteiger charge is 1.95. The van der Waals surface area contributed by atoms with Gasteiger partial charge in [0.25, 0.3) is 0 Å². The molecule has 52 valence electrons. The molecule has 9 heavy (non-hydrogen) atoms. The summed E-state index contributed by atoms with van der Waals surface area (Å²) in [7, 11) is 0. The Bertz CT molecular complexity index is 112. The number of allylic oxidation sites excluding steroid dienone is 2. The quantitative estimate of drug-likeness (QED) is 0.546. The smallest absolute Gasteiger partial charge is 0.0142 e. The first-order valence-electron chi connectivity index (χ1n) is 3.07. The Kier molecular flexibility index (Phi) is 4.60. The van der Waals surface area contributed by atoms with E-state index in [4.69, 9.17) is 0 Å². The lowest BCUT2D eigenvalue weighted by molar-refractivity contribution is 0.794. The van der Waals surface area contributed by atoms with Crippen molar-refractivity contribution in [1.29, 1.82) is 0 Å². The fraction of sp³-hybridized carbons (Fsp3) is 0.500. The Balaban J connectivity index is 3.97. The van der Waals surface area contributed by atoms with Crippen molar-refractivity contribution >= 4 is 11.8 Å². The van der Waals surface area contributed by atoms with Crippen molar-refractivity contribution in [2.24, 2.45) is 5.92 Å². The van der Waals surface area contributed by atoms with Gasteiger partial charge >= 0.3 is 0 Å². The first-order chi connectivity index (χ1) is 4.22. The summed E-state index contributed by atoms with van der Waals surface area (Å²) in [6, 6.07) is 0. The molecule has 0 aliphatic carbocycles. The zero-order chi connectivity index (χ0) is 7.28. The van der Waals surface area contributed by atoms with Crippen LogP contribution in [0.1, 0.15) is 13.8 Å². The fourth-order valence-electron chi connectivity index (χ4n) is 0.556. The van der Waals surface area contributed by atoms with Crippen molar-refractivity contribution in [3.63, 3.8) is 0 Å². The number of hydrogen-bond acceptors (Lipinski definition) is 1. The van der Waals surface area contributed by atoms with E-state index in [1.54, 1.807) is 11.8 Å². The van der Waals surface area contributed by atoms with Gasteiger partial charge in [-0.1, -0.05) is 26.5 Å². The highest BCUT2D eigenvalue weighted by molar-refractivity contribution is 8.01. The van der Waals surface area contributed by atoms with Crippen LogP contribution in [0.5, 0.6) is 0 Å². The van der Waals surface area contributed by atoms with Gasteiger partial charge in [0.1, 0.15) is 0 Å². The van der Waals surface area contributed by atoms with Crippen LogP contribution in [-0.2, 0) is 0 Å². The second-order valence-corrected chi connectivity index (χ2v) is 2.92. The normalized spacial score (nSPS) is 12.2. The maximum absolute atomic E-state index is 3.72. The van der Waals surface area contributed by atoms with Crippen molar-refractivity contribution in [3.05, 3.63) is 23.6 Å². The average Bonchev–Trinajstić information content (AvgIpc) is 1.82. The lowest BCUT2D eigenvalue weighted by Crippen LogP contribution is -1.87. The SMILES string of the molecule is C=C/C(=C\SC)C(C)C. The highest BCUT2D eigenvalue weighted by atomic mass is 32.2. The molecule has 0 nitrogen and oxygen atoms in total. The second kappa shape index (κ2) is 4.68. The molecule has 0 N–H and O–H groups in total. The van der Waals surface area contributed by atoms with Gasteiger partial charge in [-0.3, -0.25) is 0 Å². The molecular weight excluding hydrogens is 128 g/mol. The number of rotatable bonds is 3. The number of hydrogen-bond donors (Lipinski definition) is 0. The average molecular weight is 142 g/mol. The molecular formula is C8H14S. The van der Waals surface area contributed by atoms with Crippen molar-refractivity contribution in [2.45, 2.75) is 13.8 Å². The first-order valence-corrected chi connectivity index (χ1v) is 4.36. The van der Waals surface area contributed by atoms with Crippen molar-refractivity contribution < 1.29 is 0 Å². The molecule has 0 heterocycles. The Labute approximate surface area is 62.0 Å². The van der Waals surface area contributed by atoms with Gasteiger partial charge < -0.3 is 0 Å². The van der Waals surface area contributed by atoms with Gasteiger partial charge in [0.15, 0.2) is 0 Å². The molecule has 0 aliphatic heterocycles. The standard InChI is InChI=1S/C8H14S/c1-5-8(6-9-4)7(2)3/h5-7H,1H2,2-4H3/b8-6+. The van der Waals surface area contributed by atoms with Crippen LogP contribution in [0.25, 0.3) is 0 Å². The van der Waals surface area contributed by atoms with Crippen LogP contribution in [0.2, 0.25) is 0 Å². The van der Waals surface area contributed by atoms with Crippen LogP contribution in [-0.4, -0.2) is 6.26 Å². The monoisotopic (exact) mass is 142 g/mol. The zero-order valence-electron chi connectivity index (χ0n) is 6.35. The van der Waals surface area contributed by atoms with E-state index in [2.05, 4.69) is 32.1 Å². The van der Waals surface area contributed by atoms with Gasteiger partial charge in [-0.05, 0) is 23.2 Å². The molecule has 0 fully saturated rings. The van der Waals surface area contributed by atoms with E-state index in [0.717, 1.165) is 0 Å². The molecule has 0 aromatic carbocycles. The summed E-state index contributed by atoms with van der Waals surface area (Å²) in [4.78, 5) is 0. The van der Waals surface area contributed by atoms with Crippen molar-refractivity contribution in [3.8, 4) is 0 Å². The van der Waals surface area contributed by atoms with Crippen LogP contribution >= 0.6 is 11.8 Å². The van der Waals surface area contributed by atoms with E-state index in [1.807, 2.05) is 6.08 Å². The third-order valence-corrected chi connectivity index (χ3v) is 1.66. The topological polar surface area (TPSA) is 0 Å². The summed E-state index contributed by atoms with van der Waals surface area (Å²) in [5.74, 6) is 0.606. The van der Waals surface area contributed by atoms with E-state index in [1.165, 1.54) is 5.57 Å².